The van der Waals surface area contributed by atoms with Gasteiger partial charge >= 0.3 is 11.9 Å². The van der Waals surface area contributed by atoms with Gasteiger partial charge < -0.3 is 9.84 Å². The van der Waals surface area contributed by atoms with Crippen LogP contribution in [0.25, 0.3) is 0 Å². The van der Waals surface area contributed by atoms with Gasteiger partial charge in [0.05, 0.1) is 0 Å². The van der Waals surface area contributed by atoms with E-state index in [-0.39, 0.29) is 29.8 Å². The van der Waals surface area contributed by atoms with Crippen LogP contribution in [-0.4, -0.2) is 28.9 Å². The highest BCUT2D eigenvalue weighted by Crippen LogP contribution is 2.66. The van der Waals surface area contributed by atoms with E-state index in [0.717, 1.165) is 62.7 Å². The molecule has 0 aromatic heterocycles. The van der Waals surface area contributed by atoms with Crippen molar-refractivity contribution in [2.45, 2.75) is 150 Å². The molecule has 4 aliphatic rings. The fourth-order valence-corrected chi connectivity index (χ4v) is 9.81. The molecule has 0 bridgehead atoms. The number of esters is 1. The maximum absolute atomic E-state index is 13.8. The summed E-state index contributed by atoms with van der Waals surface area (Å²) in [6.07, 6.45) is 18.3. The average molecular weight is 571 g/mol. The van der Waals surface area contributed by atoms with E-state index in [0.29, 0.717) is 42.3 Å². The number of aliphatic carboxylic acids is 1. The van der Waals surface area contributed by atoms with Gasteiger partial charge in [-0.15, -0.1) is 0 Å². The molecule has 8 atom stereocenters. The Morgan fingerprint density at radius 1 is 0.902 bits per heavy atom. The lowest BCUT2D eigenvalue weighted by Gasteiger charge is -2.57. The summed E-state index contributed by atoms with van der Waals surface area (Å²) in [5.41, 5.74) is 1.59. The van der Waals surface area contributed by atoms with Crippen LogP contribution in [0.2, 0.25) is 0 Å². The summed E-state index contributed by atoms with van der Waals surface area (Å²) in [6, 6.07) is 0. The van der Waals surface area contributed by atoms with Gasteiger partial charge in [-0.1, -0.05) is 78.7 Å². The highest BCUT2D eigenvalue weighted by Gasteiger charge is 2.61. The van der Waals surface area contributed by atoms with Gasteiger partial charge in [0, 0.05) is 25.2 Å². The van der Waals surface area contributed by atoms with Crippen LogP contribution in [0.5, 0.6) is 0 Å². The van der Waals surface area contributed by atoms with Crippen LogP contribution in [0.1, 0.15) is 144 Å². The Morgan fingerprint density at radius 2 is 1.61 bits per heavy atom. The molecule has 232 valence electrons. The molecular weight excluding hydrogens is 512 g/mol. The Morgan fingerprint density at radius 3 is 2.32 bits per heavy atom. The third kappa shape index (κ3) is 7.29. The number of allylic oxidation sites excluding steroid dienone is 1. The van der Waals surface area contributed by atoms with Gasteiger partial charge in [-0.2, -0.15) is 0 Å². The monoisotopic (exact) mass is 570 g/mol. The van der Waals surface area contributed by atoms with E-state index < -0.39 is 5.97 Å². The van der Waals surface area contributed by atoms with Gasteiger partial charge in [0.25, 0.3) is 0 Å². The minimum absolute atomic E-state index is 0.0553. The molecule has 0 saturated heterocycles. The standard InChI is InChI=1S/C36H58O5/c1-24(2)12-11-13-25(3)28-16-17-29-34-30(19-21-36(28,29)5)35(4)20-18-27(22-26(35)23-31(34)37)41-33(40)15-10-8-6-7-9-14-32(38)39/h23-25,27-30,34H,6-22H2,1-5H3,(H,38,39). The normalized spacial score (nSPS) is 35.3. The average Bonchev–Trinajstić information content (AvgIpc) is 3.25. The number of hydrogen-bond donors (Lipinski definition) is 1. The van der Waals surface area contributed by atoms with E-state index in [9.17, 15) is 14.4 Å². The van der Waals surface area contributed by atoms with Gasteiger partial charge in [0.2, 0.25) is 0 Å². The van der Waals surface area contributed by atoms with Crippen molar-refractivity contribution in [3.05, 3.63) is 11.6 Å². The quantitative estimate of drug-likeness (QED) is 0.167. The van der Waals surface area contributed by atoms with Crippen LogP contribution in [0.3, 0.4) is 0 Å². The first-order valence-electron chi connectivity index (χ1n) is 17.1. The first-order valence-corrected chi connectivity index (χ1v) is 17.1. The van der Waals surface area contributed by atoms with Crippen molar-refractivity contribution < 1.29 is 24.2 Å². The maximum Gasteiger partial charge on any atom is 0.306 e. The van der Waals surface area contributed by atoms with Crippen LogP contribution in [0.4, 0.5) is 0 Å². The van der Waals surface area contributed by atoms with Crippen molar-refractivity contribution in [1.82, 2.24) is 0 Å². The first-order chi connectivity index (χ1) is 19.5. The molecule has 3 fully saturated rings. The van der Waals surface area contributed by atoms with Gasteiger partial charge in [0.15, 0.2) is 5.78 Å². The van der Waals surface area contributed by atoms with E-state index in [2.05, 4.69) is 34.6 Å². The highest BCUT2D eigenvalue weighted by atomic mass is 16.5. The lowest BCUT2D eigenvalue weighted by atomic mass is 9.46. The second-order valence-electron chi connectivity index (χ2n) is 15.3. The largest absolute Gasteiger partial charge is 0.481 e. The minimum Gasteiger partial charge on any atom is -0.481 e. The molecule has 5 nitrogen and oxygen atoms in total. The van der Waals surface area contributed by atoms with Crippen molar-refractivity contribution in [3.8, 4) is 0 Å². The molecule has 4 rings (SSSR count). The van der Waals surface area contributed by atoms with Crippen molar-refractivity contribution in [2.24, 2.45) is 46.3 Å². The number of carbonyl (C=O) groups is 3. The molecule has 0 spiro atoms. The molecule has 0 aromatic carbocycles. The van der Waals surface area contributed by atoms with Crippen molar-refractivity contribution in [2.75, 3.05) is 0 Å². The summed E-state index contributed by atoms with van der Waals surface area (Å²) >= 11 is 0. The lowest BCUT2D eigenvalue weighted by molar-refractivity contribution is -0.152. The third-order valence-electron chi connectivity index (χ3n) is 12.2. The number of ketones is 1. The summed E-state index contributed by atoms with van der Waals surface area (Å²) in [4.78, 5) is 37.0. The van der Waals surface area contributed by atoms with E-state index in [4.69, 9.17) is 9.84 Å². The molecule has 1 N–H and O–H groups in total. The molecule has 4 aliphatic carbocycles. The summed E-state index contributed by atoms with van der Waals surface area (Å²) in [5.74, 6) is 2.87. The van der Waals surface area contributed by atoms with Gasteiger partial charge in [0.1, 0.15) is 6.10 Å². The van der Waals surface area contributed by atoms with Crippen molar-refractivity contribution in [1.29, 1.82) is 0 Å². The third-order valence-corrected chi connectivity index (χ3v) is 12.2. The molecule has 0 heterocycles. The van der Waals surface area contributed by atoms with Crippen LogP contribution < -0.4 is 0 Å². The minimum atomic E-state index is -0.742. The lowest BCUT2D eigenvalue weighted by Crippen LogP contribution is -2.53. The Kier molecular flexibility index (Phi) is 10.8. The van der Waals surface area contributed by atoms with Crippen LogP contribution >= 0.6 is 0 Å². The van der Waals surface area contributed by atoms with Crippen LogP contribution in [-0.2, 0) is 19.1 Å². The SMILES string of the molecule is CC(C)CCCC(C)C1CCC2C3C(=O)C=C4CC(OC(=O)CCCCCCCC(=O)O)CCC4(C)C3CCC12C. The predicted molar refractivity (Wildman–Crippen MR) is 163 cm³/mol. The number of rotatable bonds is 14. The van der Waals surface area contributed by atoms with E-state index in [1.165, 1.54) is 44.1 Å². The number of carbonyl (C=O) groups excluding carboxylic acids is 2. The fourth-order valence-electron chi connectivity index (χ4n) is 9.81. The number of unbranched alkanes of at least 4 members (excludes halogenated alkanes) is 4. The molecule has 3 saturated carbocycles. The zero-order chi connectivity index (χ0) is 29.8. The van der Waals surface area contributed by atoms with E-state index in [1.54, 1.807) is 0 Å². The Balaban J connectivity index is 1.31. The number of carboxylic acids is 1. The maximum atomic E-state index is 13.8. The van der Waals surface area contributed by atoms with E-state index in [1.807, 2.05) is 6.08 Å². The molecular formula is C36H58O5. The number of hydrogen-bond acceptors (Lipinski definition) is 4. The molecule has 0 radical (unpaired) electrons. The van der Waals surface area contributed by atoms with Crippen molar-refractivity contribution in [3.63, 3.8) is 0 Å². The Hall–Kier alpha value is -1.65. The summed E-state index contributed by atoms with van der Waals surface area (Å²) in [6.45, 7) is 12.1. The zero-order valence-electron chi connectivity index (χ0n) is 26.7. The van der Waals surface area contributed by atoms with E-state index >= 15 is 0 Å². The summed E-state index contributed by atoms with van der Waals surface area (Å²) < 4.78 is 5.92. The molecule has 0 amide bonds. The number of fused-ring (bicyclic) bond motifs is 5. The zero-order valence-corrected chi connectivity index (χ0v) is 26.7. The Labute approximate surface area is 249 Å². The van der Waals surface area contributed by atoms with Crippen molar-refractivity contribution >= 4 is 17.7 Å². The highest BCUT2D eigenvalue weighted by molar-refractivity contribution is 5.94. The predicted octanol–water partition coefficient (Wildman–Crippen LogP) is 8.93. The second-order valence-corrected chi connectivity index (χ2v) is 15.3. The van der Waals surface area contributed by atoms with Gasteiger partial charge in [-0.05, 0) is 97.9 Å². The topological polar surface area (TPSA) is 80.7 Å². The van der Waals surface area contributed by atoms with Gasteiger partial charge in [-0.25, -0.2) is 0 Å². The van der Waals surface area contributed by atoms with Crippen LogP contribution in [0, 0.1) is 46.3 Å². The molecule has 0 aromatic rings. The molecule has 8 unspecified atom stereocenters. The Bertz CT molecular complexity index is 967. The molecule has 0 aliphatic heterocycles. The summed E-state index contributed by atoms with van der Waals surface area (Å²) in [5, 5.41) is 8.73. The summed E-state index contributed by atoms with van der Waals surface area (Å²) in [7, 11) is 0. The molecule has 5 heteroatoms. The smallest absolute Gasteiger partial charge is 0.306 e. The second kappa shape index (κ2) is 13.8. The number of ether oxygens (including phenoxy) is 1. The first kappa shape index (κ1) is 32.3. The van der Waals surface area contributed by atoms with Crippen LogP contribution in [0.15, 0.2) is 11.6 Å². The number of carboxylic acid groups (broad SMARTS) is 1. The fraction of sp³-hybridized carbons (Fsp3) is 0.861. The molecule has 41 heavy (non-hydrogen) atoms. The van der Waals surface area contributed by atoms with Gasteiger partial charge in [-0.3, -0.25) is 14.4 Å².